The Morgan fingerprint density at radius 1 is 1.48 bits per heavy atom. The number of carbonyl (C=O) groups is 1. The van der Waals surface area contributed by atoms with Crippen LogP contribution in [-0.4, -0.2) is 22.7 Å². The minimum atomic E-state index is -0.137. The lowest BCUT2D eigenvalue weighted by Crippen LogP contribution is -2.26. The summed E-state index contributed by atoms with van der Waals surface area (Å²) in [5.74, 6) is 1.73. The van der Waals surface area contributed by atoms with Crippen LogP contribution in [0.3, 0.4) is 0 Å². The molecule has 110 valence electrons. The van der Waals surface area contributed by atoms with E-state index >= 15 is 0 Å². The highest BCUT2D eigenvalue weighted by Gasteiger charge is 2.17. The molecule has 0 spiro atoms. The van der Waals surface area contributed by atoms with Crippen molar-refractivity contribution in [2.24, 2.45) is 0 Å². The van der Waals surface area contributed by atoms with Crippen molar-refractivity contribution in [2.45, 2.75) is 26.4 Å². The molecule has 1 aliphatic rings. The number of aromatic nitrogens is 2. The number of carbonyl (C=O) groups excluding carboxylic acids is 1. The molecule has 3 rings (SSSR count). The number of benzene rings is 1. The molecule has 7 nitrogen and oxygen atoms in total. The van der Waals surface area contributed by atoms with Crippen LogP contribution in [0.4, 0.5) is 5.69 Å². The van der Waals surface area contributed by atoms with Gasteiger partial charge in [-0.2, -0.15) is 4.98 Å². The van der Waals surface area contributed by atoms with Crippen LogP contribution < -0.4 is 15.4 Å². The van der Waals surface area contributed by atoms with Gasteiger partial charge in [-0.25, -0.2) is 0 Å². The van der Waals surface area contributed by atoms with Crippen molar-refractivity contribution in [2.75, 3.05) is 11.9 Å². The lowest BCUT2D eigenvalue weighted by atomic mass is 10.1. The van der Waals surface area contributed by atoms with Crippen LogP contribution in [0, 0.1) is 6.92 Å². The smallest absolute Gasteiger partial charge is 0.262 e. The molecule has 7 heteroatoms. The molecule has 2 heterocycles. The Hall–Kier alpha value is -2.41. The minimum Gasteiger partial charge on any atom is -0.482 e. The summed E-state index contributed by atoms with van der Waals surface area (Å²) in [6.45, 7) is 4.36. The monoisotopic (exact) mass is 288 g/mol. The number of nitrogens with zero attached hydrogens (tertiary/aromatic N) is 2. The first kappa shape index (κ1) is 13.6. The Morgan fingerprint density at radius 3 is 3.10 bits per heavy atom. The zero-order chi connectivity index (χ0) is 14.8. The Morgan fingerprint density at radius 2 is 2.33 bits per heavy atom. The average molecular weight is 288 g/mol. The van der Waals surface area contributed by atoms with Crippen molar-refractivity contribution in [3.63, 3.8) is 0 Å². The standard InChI is InChI=1S/C14H16N4O3/c1-8(15-6-13-16-9(2)21-18-13)10-3-4-12-11(5-10)17-14(19)7-20-12/h3-5,8,15H,6-7H2,1-2H3,(H,17,19)/t8-/m1/s1. The first-order valence-corrected chi connectivity index (χ1v) is 6.71. The van der Waals surface area contributed by atoms with Gasteiger partial charge in [0.1, 0.15) is 5.75 Å². The van der Waals surface area contributed by atoms with Gasteiger partial charge in [0.25, 0.3) is 5.91 Å². The van der Waals surface area contributed by atoms with Crippen molar-refractivity contribution < 1.29 is 14.1 Å². The van der Waals surface area contributed by atoms with Crippen LogP contribution in [0.5, 0.6) is 5.75 Å². The van der Waals surface area contributed by atoms with Crippen LogP contribution in [-0.2, 0) is 11.3 Å². The summed E-state index contributed by atoms with van der Waals surface area (Å²) in [4.78, 5) is 15.5. The highest BCUT2D eigenvalue weighted by atomic mass is 16.5. The number of amides is 1. The first-order chi connectivity index (χ1) is 10.1. The number of hydrogen-bond acceptors (Lipinski definition) is 6. The van der Waals surface area contributed by atoms with Gasteiger partial charge in [0.15, 0.2) is 12.4 Å². The zero-order valence-corrected chi connectivity index (χ0v) is 11.8. The number of nitrogens with one attached hydrogen (secondary N) is 2. The Labute approximate surface area is 121 Å². The molecule has 1 aromatic heterocycles. The van der Waals surface area contributed by atoms with E-state index in [-0.39, 0.29) is 18.6 Å². The molecule has 1 aromatic carbocycles. The molecule has 0 aliphatic carbocycles. The summed E-state index contributed by atoms with van der Waals surface area (Å²) in [6, 6.07) is 5.81. The largest absolute Gasteiger partial charge is 0.482 e. The lowest BCUT2D eigenvalue weighted by molar-refractivity contribution is -0.118. The van der Waals surface area contributed by atoms with Gasteiger partial charge in [-0.1, -0.05) is 11.2 Å². The number of rotatable bonds is 4. The fourth-order valence-electron chi connectivity index (χ4n) is 2.15. The molecule has 1 amide bonds. The number of hydrogen-bond donors (Lipinski definition) is 2. The third-order valence-electron chi connectivity index (χ3n) is 3.27. The second-order valence-corrected chi connectivity index (χ2v) is 4.92. The second kappa shape index (κ2) is 5.53. The quantitative estimate of drug-likeness (QED) is 0.887. The van der Waals surface area contributed by atoms with Crippen LogP contribution >= 0.6 is 0 Å². The molecular weight excluding hydrogens is 272 g/mol. The van der Waals surface area contributed by atoms with Crippen LogP contribution in [0.2, 0.25) is 0 Å². The molecule has 0 bridgehead atoms. The maximum atomic E-state index is 11.3. The molecule has 2 N–H and O–H groups in total. The van der Waals surface area contributed by atoms with Gasteiger partial charge in [-0.15, -0.1) is 0 Å². The molecule has 0 radical (unpaired) electrons. The third kappa shape index (κ3) is 3.03. The average Bonchev–Trinajstić information content (AvgIpc) is 2.89. The molecule has 0 saturated heterocycles. The number of aryl methyl sites for hydroxylation is 1. The van der Waals surface area contributed by atoms with Crippen molar-refractivity contribution in [1.29, 1.82) is 0 Å². The maximum absolute atomic E-state index is 11.3. The van der Waals surface area contributed by atoms with E-state index in [1.54, 1.807) is 6.92 Å². The molecule has 2 aromatic rings. The zero-order valence-electron chi connectivity index (χ0n) is 11.8. The van der Waals surface area contributed by atoms with Gasteiger partial charge in [-0.3, -0.25) is 4.79 Å². The fraction of sp³-hybridized carbons (Fsp3) is 0.357. The summed E-state index contributed by atoms with van der Waals surface area (Å²) in [5.41, 5.74) is 1.74. The summed E-state index contributed by atoms with van der Waals surface area (Å²) in [7, 11) is 0. The van der Waals surface area contributed by atoms with Crippen LogP contribution in [0.1, 0.15) is 30.2 Å². The van der Waals surface area contributed by atoms with Gasteiger partial charge >= 0.3 is 0 Å². The Balaban J connectivity index is 1.68. The molecular formula is C14H16N4O3. The maximum Gasteiger partial charge on any atom is 0.262 e. The van der Waals surface area contributed by atoms with E-state index in [2.05, 4.69) is 20.8 Å². The highest BCUT2D eigenvalue weighted by Crippen LogP contribution is 2.30. The third-order valence-corrected chi connectivity index (χ3v) is 3.27. The van der Waals surface area contributed by atoms with Crippen molar-refractivity contribution in [1.82, 2.24) is 15.5 Å². The normalized spacial score (nSPS) is 15.0. The summed E-state index contributed by atoms with van der Waals surface area (Å²) in [5, 5.41) is 9.94. The van der Waals surface area contributed by atoms with E-state index in [0.29, 0.717) is 29.7 Å². The first-order valence-electron chi connectivity index (χ1n) is 6.71. The Bertz CT molecular complexity index is 668. The highest BCUT2D eigenvalue weighted by molar-refractivity contribution is 5.95. The van der Waals surface area contributed by atoms with Gasteiger partial charge in [0.2, 0.25) is 5.89 Å². The minimum absolute atomic E-state index is 0.0668. The number of anilines is 1. The summed E-state index contributed by atoms with van der Waals surface area (Å²) >= 11 is 0. The van der Waals surface area contributed by atoms with Crippen molar-refractivity contribution >= 4 is 11.6 Å². The number of ether oxygens (including phenoxy) is 1. The fourth-order valence-corrected chi connectivity index (χ4v) is 2.15. The second-order valence-electron chi connectivity index (χ2n) is 4.92. The van der Waals surface area contributed by atoms with Gasteiger partial charge in [0, 0.05) is 13.0 Å². The van der Waals surface area contributed by atoms with Gasteiger partial charge < -0.3 is 19.9 Å². The predicted molar refractivity (Wildman–Crippen MR) is 74.9 cm³/mol. The van der Waals surface area contributed by atoms with Gasteiger partial charge in [-0.05, 0) is 24.6 Å². The molecule has 0 unspecified atom stereocenters. The van der Waals surface area contributed by atoms with Crippen molar-refractivity contribution in [3.05, 3.63) is 35.5 Å². The van der Waals surface area contributed by atoms with Crippen LogP contribution in [0.25, 0.3) is 0 Å². The van der Waals surface area contributed by atoms with E-state index in [0.717, 1.165) is 5.56 Å². The topological polar surface area (TPSA) is 89.3 Å². The Kier molecular flexibility index (Phi) is 3.57. The van der Waals surface area contributed by atoms with E-state index < -0.39 is 0 Å². The van der Waals surface area contributed by atoms with Crippen LogP contribution in [0.15, 0.2) is 22.7 Å². The molecule has 21 heavy (non-hydrogen) atoms. The van der Waals surface area contributed by atoms with Gasteiger partial charge in [0.05, 0.1) is 12.2 Å². The van der Waals surface area contributed by atoms with Crippen molar-refractivity contribution in [3.8, 4) is 5.75 Å². The van der Waals surface area contributed by atoms with E-state index in [9.17, 15) is 4.79 Å². The molecule has 0 saturated carbocycles. The van der Waals surface area contributed by atoms with E-state index in [4.69, 9.17) is 9.26 Å². The van der Waals surface area contributed by atoms with E-state index in [1.807, 2.05) is 25.1 Å². The molecule has 0 fully saturated rings. The molecule has 1 aliphatic heterocycles. The summed E-state index contributed by atoms with van der Waals surface area (Å²) < 4.78 is 10.3. The SMILES string of the molecule is Cc1nc(CN[C@H](C)c2ccc3c(c2)NC(=O)CO3)no1. The molecule has 1 atom stereocenters. The van der Waals surface area contributed by atoms with E-state index in [1.165, 1.54) is 0 Å². The number of fused-ring (bicyclic) bond motifs is 1. The predicted octanol–water partition coefficient (Wildman–Crippen LogP) is 1.56. The lowest BCUT2D eigenvalue weighted by Gasteiger charge is -2.20. The summed E-state index contributed by atoms with van der Waals surface area (Å²) in [6.07, 6.45) is 0.